The summed E-state index contributed by atoms with van der Waals surface area (Å²) < 4.78 is 0. The molecule has 1 atom stereocenters. The standard InChI is InChI=1S/C13H20ClN3OS/c1-2-11-13(18)15-5-7-17(11)6-3-4-12-16-10(8-14)9-19-12/h9,11H,2-8H2,1H3,(H,15,18). The zero-order valence-corrected chi connectivity index (χ0v) is 12.8. The third-order valence-corrected chi connectivity index (χ3v) is 4.63. The maximum Gasteiger partial charge on any atom is 0.237 e. The van der Waals surface area contributed by atoms with Crippen LogP contribution in [0.2, 0.25) is 0 Å². The summed E-state index contributed by atoms with van der Waals surface area (Å²) in [7, 11) is 0. The fraction of sp³-hybridized carbons (Fsp3) is 0.692. The minimum absolute atomic E-state index is 0.0449. The number of piperazine rings is 1. The summed E-state index contributed by atoms with van der Waals surface area (Å²) in [6.45, 7) is 4.75. The van der Waals surface area contributed by atoms with Crippen LogP contribution in [0, 0.1) is 0 Å². The van der Waals surface area contributed by atoms with Crippen molar-refractivity contribution in [2.75, 3.05) is 19.6 Å². The van der Waals surface area contributed by atoms with Gasteiger partial charge in [-0.25, -0.2) is 4.98 Å². The van der Waals surface area contributed by atoms with E-state index in [1.54, 1.807) is 11.3 Å². The number of alkyl halides is 1. The van der Waals surface area contributed by atoms with Gasteiger partial charge in [0.05, 0.1) is 22.6 Å². The summed E-state index contributed by atoms with van der Waals surface area (Å²) in [5, 5.41) is 6.09. The fourth-order valence-electron chi connectivity index (χ4n) is 2.43. The van der Waals surface area contributed by atoms with Crippen molar-refractivity contribution in [3.05, 3.63) is 16.1 Å². The maximum absolute atomic E-state index is 11.7. The highest BCUT2D eigenvalue weighted by atomic mass is 35.5. The Morgan fingerprint density at radius 2 is 2.47 bits per heavy atom. The molecule has 19 heavy (non-hydrogen) atoms. The molecule has 1 saturated heterocycles. The molecule has 1 amide bonds. The van der Waals surface area contributed by atoms with E-state index in [1.165, 1.54) is 0 Å². The molecule has 1 aliphatic rings. The Balaban J connectivity index is 1.79. The van der Waals surface area contributed by atoms with E-state index in [9.17, 15) is 4.79 Å². The predicted octanol–water partition coefficient (Wildman–Crippen LogP) is 2.02. The molecule has 1 N–H and O–H groups in total. The van der Waals surface area contributed by atoms with Gasteiger partial charge in [0.2, 0.25) is 5.91 Å². The number of amides is 1. The molecular weight excluding hydrogens is 282 g/mol. The highest BCUT2D eigenvalue weighted by molar-refractivity contribution is 7.09. The lowest BCUT2D eigenvalue weighted by Gasteiger charge is -2.34. The fourth-order valence-corrected chi connectivity index (χ4v) is 3.50. The first kappa shape index (κ1) is 14.8. The molecule has 1 aromatic heterocycles. The van der Waals surface area contributed by atoms with Crippen LogP contribution in [0.5, 0.6) is 0 Å². The van der Waals surface area contributed by atoms with Crippen LogP contribution in [0.4, 0.5) is 0 Å². The number of halogens is 1. The Hall–Kier alpha value is -0.650. The molecule has 1 aromatic rings. The number of nitrogens with zero attached hydrogens (tertiary/aromatic N) is 2. The molecule has 2 heterocycles. The zero-order valence-electron chi connectivity index (χ0n) is 11.2. The number of rotatable bonds is 6. The quantitative estimate of drug-likeness (QED) is 0.818. The number of aryl methyl sites for hydroxylation is 1. The number of nitrogens with one attached hydrogen (secondary N) is 1. The van der Waals surface area contributed by atoms with Gasteiger partial charge >= 0.3 is 0 Å². The summed E-state index contributed by atoms with van der Waals surface area (Å²) in [4.78, 5) is 18.5. The van der Waals surface area contributed by atoms with E-state index in [1.807, 2.05) is 5.38 Å². The Labute approximate surface area is 123 Å². The number of hydrogen-bond donors (Lipinski definition) is 1. The Kier molecular flexibility index (Phi) is 5.60. The Morgan fingerprint density at radius 1 is 1.63 bits per heavy atom. The number of aromatic nitrogens is 1. The lowest BCUT2D eigenvalue weighted by atomic mass is 10.1. The minimum atomic E-state index is 0.0449. The molecule has 0 aromatic carbocycles. The topological polar surface area (TPSA) is 45.2 Å². The van der Waals surface area contributed by atoms with Crippen molar-refractivity contribution < 1.29 is 4.79 Å². The summed E-state index contributed by atoms with van der Waals surface area (Å²) in [6.07, 6.45) is 2.88. The van der Waals surface area contributed by atoms with Gasteiger partial charge in [-0.05, 0) is 19.4 Å². The Bertz CT molecular complexity index is 424. The van der Waals surface area contributed by atoms with E-state index in [2.05, 4.69) is 22.1 Å². The summed E-state index contributed by atoms with van der Waals surface area (Å²) >= 11 is 7.42. The van der Waals surface area contributed by atoms with Gasteiger partial charge in [-0.2, -0.15) is 0 Å². The smallest absolute Gasteiger partial charge is 0.237 e. The van der Waals surface area contributed by atoms with Gasteiger partial charge in [0.1, 0.15) is 0 Å². The third kappa shape index (κ3) is 3.91. The summed E-state index contributed by atoms with van der Waals surface area (Å²) in [6, 6.07) is 0.0449. The van der Waals surface area contributed by atoms with Crippen LogP contribution >= 0.6 is 22.9 Å². The number of carbonyl (C=O) groups is 1. The molecule has 6 heteroatoms. The number of hydrogen-bond acceptors (Lipinski definition) is 4. The Morgan fingerprint density at radius 3 is 3.16 bits per heavy atom. The van der Waals surface area contributed by atoms with E-state index < -0.39 is 0 Å². The molecule has 1 fully saturated rings. The van der Waals surface area contributed by atoms with Crippen LogP contribution in [-0.4, -0.2) is 41.5 Å². The molecule has 0 spiro atoms. The minimum Gasteiger partial charge on any atom is -0.353 e. The van der Waals surface area contributed by atoms with Crippen molar-refractivity contribution in [3.8, 4) is 0 Å². The van der Waals surface area contributed by atoms with Crippen LogP contribution < -0.4 is 5.32 Å². The zero-order chi connectivity index (χ0) is 13.7. The van der Waals surface area contributed by atoms with Gasteiger partial charge in [0.15, 0.2) is 0 Å². The number of carbonyl (C=O) groups excluding carboxylic acids is 1. The lowest BCUT2D eigenvalue weighted by molar-refractivity contribution is -0.129. The molecule has 106 valence electrons. The molecule has 2 rings (SSSR count). The summed E-state index contributed by atoms with van der Waals surface area (Å²) in [5.41, 5.74) is 0.963. The molecule has 4 nitrogen and oxygen atoms in total. The molecule has 0 aliphatic carbocycles. The second kappa shape index (κ2) is 7.22. The molecule has 1 unspecified atom stereocenters. The number of thiazole rings is 1. The second-order valence-electron chi connectivity index (χ2n) is 4.72. The first-order valence-corrected chi connectivity index (χ1v) is 8.17. The van der Waals surface area contributed by atoms with E-state index in [-0.39, 0.29) is 11.9 Å². The lowest BCUT2D eigenvalue weighted by Crippen LogP contribution is -2.55. The molecule has 1 aliphatic heterocycles. The van der Waals surface area contributed by atoms with Crippen LogP contribution in [-0.2, 0) is 17.1 Å². The normalized spacial score (nSPS) is 20.5. The van der Waals surface area contributed by atoms with Crippen molar-refractivity contribution in [1.29, 1.82) is 0 Å². The van der Waals surface area contributed by atoms with Crippen LogP contribution in [0.15, 0.2) is 5.38 Å². The first-order chi connectivity index (χ1) is 9.24. The first-order valence-electron chi connectivity index (χ1n) is 6.75. The molecule has 0 bridgehead atoms. The van der Waals surface area contributed by atoms with E-state index >= 15 is 0 Å². The largest absolute Gasteiger partial charge is 0.353 e. The average Bonchev–Trinajstić information content (AvgIpc) is 2.87. The van der Waals surface area contributed by atoms with Crippen molar-refractivity contribution in [3.63, 3.8) is 0 Å². The van der Waals surface area contributed by atoms with E-state index in [0.717, 1.165) is 49.6 Å². The summed E-state index contributed by atoms with van der Waals surface area (Å²) in [5.74, 6) is 0.660. The van der Waals surface area contributed by atoms with Gasteiger partial charge in [-0.1, -0.05) is 6.92 Å². The SMILES string of the molecule is CCC1C(=O)NCCN1CCCc1nc(CCl)cs1. The average molecular weight is 302 g/mol. The van der Waals surface area contributed by atoms with Crippen molar-refractivity contribution in [1.82, 2.24) is 15.2 Å². The van der Waals surface area contributed by atoms with Crippen molar-refractivity contribution >= 4 is 28.8 Å². The van der Waals surface area contributed by atoms with Crippen LogP contribution in [0.1, 0.15) is 30.5 Å². The van der Waals surface area contributed by atoms with Crippen molar-refractivity contribution in [2.24, 2.45) is 0 Å². The molecule has 0 radical (unpaired) electrons. The van der Waals surface area contributed by atoms with Gasteiger partial charge in [0, 0.05) is 24.9 Å². The van der Waals surface area contributed by atoms with Gasteiger partial charge in [-0.3, -0.25) is 9.69 Å². The third-order valence-electron chi connectivity index (χ3n) is 3.40. The highest BCUT2D eigenvalue weighted by Gasteiger charge is 2.27. The van der Waals surface area contributed by atoms with E-state index in [4.69, 9.17) is 11.6 Å². The second-order valence-corrected chi connectivity index (χ2v) is 5.93. The van der Waals surface area contributed by atoms with Gasteiger partial charge < -0.3 is 5.32 Å². The van der Waals surface area contributed by atoms with Crippen LogP contribution in [0.25, 0.3) is 0 Å². The predicted molar refractivity (Wildman–Crippen MR) is 78.7 cm³/mol. The van der Waals surface area contributed by atoms with Crippen molar-refractivity contribution in [2.45, 2.75) is 38.1 Å². The monoisotopic (exact) mass is 301 g/mol. The molecular formula is C13H20ClN3OS. The molecule has 0 saturated carbocycles. The van der Waals surface area contributed by atoms with Crippen LogP contribution in [0.3, 0.4) is 0 Å². The van der Waals surface area contributed by atoms with Gasteiger partial charge in [0.25, 0.3) is 0 Å². The maximum atomic E-state index is 11.7. The van der Waals surface area contributed by atoms with E-state index in [0.29, 0.717) is 5.88 Å². The highest BCUT2D eigenvalue weighted by Crippen LogP contribution is 2.15. The van der Waals surface area contributed by atoms with Gasteiger partial charge in [-0.15, -0.1) is 22.9 Å².